The Balaban J connectivity index is 1.94. The number of fused-ring (bicyclic) bond motifs is 3. The van der Waals surface area contributed by atoms with Crippen LogP contribution in [0.2, 0.25) is 18.6 Å². The third-order valence-corrected chi connectivity index (χ3v) is 12.7. The fourth-order valence-corrected chi connectivity index (χ4v) is 13.5. The Bertz CT molecular complexity index is 389. The van der Waals surface area contributed by atoms with Gasteiger partial charge in [-0.05, 0) is 69.4 Å². The van der Waals surface area contributed by atoms with E-state index < -0.39 is 8.24 Å². The molecule has 0 radical (unpaired) electrons. The molecule has 0 heterocycles. The maximum Gasteiger partial charge on any atom is 0.126 e. The minimum Gasteiger partial charge on any atom is -0.319 e. The fraction of sp³-hybridized carbons (Fsp3) is 1.00. The summed E-state index contributed by atoms with van der Waals surface area (Å²) in [5.41, 5.74) is 1.40. The molecule has 0 aromatic heterocycles. The zero-order valence-corrected chi connectivity index (χ0v) is 17.7. The van der Waals surface area contributed by atoms with Crippen molar-refractivity contribution in [1.82, 2.24) is 4.57 Å². The van der Waals surface area contributed by atoms with Crippen LogP contribution in [0, 0.1) is 23.7 Å². The highest BCUT2D eigenvalue weighted by Gasteiger charge is 2.58. The molecule has 0 aromatic rings. The van der Waals surface area contributed by atoms with Gasteiger partial charge in [-0.3, -0.25) is 0 Å². The van der Waals surface area contributed by atoms with E-state index in [1.54, 1.807) is 25.7 Å². The van der Waals surface area contributed by atoms with Crippen LogP contribution in [0.3, 0.4) is 0 Å². The van der Waals surface area contributed by atoms with E-state index in [9.17, 15) is 0 Å². The van der Waals surface area contributed by atoms with Gasteiger partial charge in [0.15, 0.2) is 0 Å². The highest BCUT2D eigenvalue weighted by molar-refractivity contribution is 6.76. The van der Waals surface area contributed by atoms with Crippen molar-refractivity contribution in [2.45, 2.75) is 103 Å². The van der Waals surface area contributed by atoms with Crippen molar-refractivity contribution >= 4 is 8.24 Å². The molecule has 3 saturated carbocycles. The molecule has 0 N–H and O–H groups in total. The van der Waals surface area contributed by atoms with Crippen LogP contribution in [-0.4, -0.2) is 24.9 Å². The summed E-state index contributed by atoms with van der Waals surface area (Å²) in [4.78, 5) is 0. The van der Waals surface area contributed by atoms with Crippen LogP contribution in [0.4, 0.5) is 0 Å². The van der Waals surface area contributed by atoms with Crippen molar-refractivity contribution < 1.29 is 0 Å². The van der Waals surface area contributed by atoms with Gasteiger partial charge in [0, 0.05) is 5.54 Å². The molecule has 1 nitrogen and oxygen atoms in total. The average molecular weight is 336 g/mol. The summed E-state index contributed by atoms with van der Waals surface area (Å²) in [6.45, 7) is 16.5. The van der Waals surface area contributed by atoms with Crippen molar-refractivity contribution in [3.8, 4) is 0 Å². The quantitative estimate of drug-likeness (QED) is 0.546. The molecule has 134 valence electrons. The highest BCUT2D eigenvalue weighted by Crippen LogP contribution is 2.63. The van der Waals surface area contributed by atoms with E-state index in [1.807, 2.05) is 0 Å². The zero-order valence-electron chi connectivity index (χ0n) is 16.7. The SMILES string of the molecule is CCN(C(C)(C)C)[Si](C)(C)C1C2CCCCC2C2CCCCC21. The van der Waals surface area contributed by atoms with E-state index in [2.05, 4.69) is 45.4 Å². The second-order valence-electron chi connectivity index (χ2n) is 10.3. The molecule has 23 heavy (non-hydrogen) atoms. The largest absolute Gasteiger partial charge is 0.319 e. The Morgan fingerprint density at radius 2 is 1.17 bits per heavy atom. The molecule has 4 atom stereocenters. The van der Waals surface area contributed by atoms with Gasteiger partial charge in [-0.25, -0.2) is 0 Å². The number of hydrogen-bond acceptors (Lipinski definition) is 1. The number of rotatable bonds is 3. The van der Waals surface area contributed by atoms with Gasteiger partial charge in [-0.1, -0.05) is 58.5 Å². The van der Waals surface area contributed by atoms with Gasteiger partial charge >= 0.3 is 0 Å². The summed E-state index contributed by atoms with van der Waals surface area (Å²) < 4.78 is 2.97. The summed E-state index contributed by atoms with van der Waals surface area (Å²) in [6.07, 6.45) is 12.3. The van der Waals surface area contributed by atoms with E-state index in [1.165, 1.54) is 32.2 Å². The Morgan fingerprint density at radius 3 is 1.52 bits per heavy atom. The van der Waals surface area contributed by atoms with Crippen LogP contribution in [-0.2, 0) is 0 Å². The van der Waals surface area contributed by atoms with Crippen LogP contribution < -0.4 is 0 Å². The Kier molecular flexibility index (Phi) is 5.07. The third kappa shape index (κ3) is 3.08. The third-order valence-electron chi connectivity index (χ3n) is 7.86. The molecule has 0 aromatic carbocycles. The molecule has 0 aliphatic heterocycles. The lowest BCUT2D eigenvalue weighted by atomic mass is 9.73. The molecule has 0 spiro atoms. The molecule has 3 rings (SSSR count). The predicted octanol–water partition coefficient (Wildman–Crippen LogP) is 6.31. The first kappa shape index (κ1) is 18.0. The molecule has 3 aliphatic carbocycles. The Morgan fingerprint density at radius 1 is 0.783 bits per heavy atom. The van der Waals surface area contributed by atoms with Gasteiger partial charge < -0.3 is 4.57 Å². The van der Waals surface area contributed by atoms with E-state index in [4.69, 9.17) is 0 Å². The minimum absolute atomic E-state index is 0.335. The monoisotopic (exact) mass is 335 g/mol. The van der Waals surface area contributed by atoms with Gasteiger partial charge in [-0.15, -0.1) is 0 Å². The lowest BCUT2D eigenvalue weighted by Crippen LogP contribution is -2.61. The number of hydrogen-bond donors (Lipinski definition) is 0. The molecule has 0 saturated heterocycles. The molecule has 3 fully saturated rings. The second kappa shape index (κ2) is 6.48. The van der Waals surface area contributed by atoms with E-state index in [0.29, 0.717) is 5.54 Å². The first-order valence-corrected chi connectivity index (χ1v) is 13.6. The molecule has 0 bridgehead atoms. The van der Waals surface area contributed by atoms with Crippen LogP contribution in [0.25, 0.3) is 0 Å². The molecule has 3 aliphatic rings. The molecular formula is C21H41NSi. The lowest BCUT2D eigenvalue weighted by Gasteiger charge is -2.52. The fourth-order valence-electron chi connectivity index (χ4n) is 7.62. The molecular weight excluding hydrogens is 294 g/mol. The Hall–Kier alpha value is 0.177. The van der Waals surface area contributed by atoms with Gasteiger partial charge in [0.1, 0.15) is 8.24 Å². The molecule has 0 amide bonds. The maximum absolute atomic E-state index is 2.97. The van der Waals surface area contributed by atoms with Gasteiger partial charge in [0.05, 0.1) is 0 Å². The average Bonchev–Trinajstić information content (AvgIpc) is 2.81. The smallest absolute Gasteiger partial charge is 0.126 e. The predicted molar refractivity (Wildman–Crippen MR) is 104 cm³/mol. The van der Waals surface area contributed by atoms with Crippen molar-refractivity contribution in [3.63, 3.8) is 0 Å². The highest BCUT2D eigenvalue weighted by atomic mass is 28.3. The zero-order chi connectivity index (χ0) is 16.8. The summed E-state index contributed by atoms with van der Waals surface area (Å²) in [7, 11) is -1.42. The van der Waals surface area contributed by atoms with Crippen LogP contribution in [0.1, 0.15) is 79.1 Å². The van der Waals surface area contributed by atoms with E-state index in [0.717, 1.165) is 29.2 Å². The van der Waals surface area contributed by atoms with Gasteiger partial charge in [0.25, 0.3) is 0 Å². The van der Waals surface area contributed by atoms with Crippen molar-refractivity contribution in [1.29, 1.82) is 0 Å². The Labute approximate surface area is 146 Å². The van der Waals surface area contributed by atoms with Gasteiger partial charge in [-0.2, -0.15) is 0 Å². The normalized spacial score (nSPS) is 38.5. The summed E-state index contributed by atoms with van der Waals surface area (Å²) in [5, 5.41) is 0. The molecule has 4 unspecified atom stereocenters. The standard InChI is InChI=1S/C21H41NSi/c1-7-22(21(2,3)4)23(5,6)20-18-14-10-8-12-16(18)17-13-9-11-15-19(17)20/h16-20H,7-15H2,1-6H3. The lowest BCUT2D eigenvalue weighted by molar-refractivity contribution is 0.184. The van der Waals surface area contributed by atoms with Crippen LogP contribution in [0.5, 0.6) is 0 Å². The van der Waals surface area contributed by atoms with Crippen molar-refractivity contribution in [2.75, 3.05) is 6.54 Å². The summed E-state index contributed by atoms with van der Waals surface area (Å²) >= 11 is 0. The summed E-state index contributed by atoms with van der Waals surface area (Å²) in [5.74, 6) is 4.36. The van der Waals surface area contributed by atoms with E-state index >= 15 is 0 Å². The van der Waals surface area contributed by atoms with Crippen LogP contribution in [0.15, 0.2) is 0 Å². The minimum atomic E-state index is -1.42. The maximum atomic E-state index is 2.97. The molecule has 2 heteroatoms. The van der Waals surface area contributed by atoms with Crippen LogP contribution >= 0.6 is 0 Å². The van der Waals surface area contributed by atoms with E-state index in [-0.39, 0.29) is 0 Å². The second-order valence-corrected chi connectivity index (χ2v) is 14.8. The first-order chi connectivity index (χ1) is 10.8. The van der Waals surface area contributed by atoms with Crippen molar-refractivity contribution in [3.05, 3.63) is 0 Å². The first-order valence-electron chi connectivity index (χ1n) is 10.6. The topological polar surface area (TPSA) is 3.24 Å². The van der Waals surface area contributed by atoms with Crippen molar-refractivity contribution in [2.24, 2.45) is 23.7 Å². The van der Waals surface area contributed by atoms with Gasteiger partial charge in [0.2, 0.25) is 0 Å². The summed E-state index contributed by atoms with van der Waals surface area (Å²) in [6, 6.07) is 0. The number of nitrogens with zero attached hydrogens (tertiary/aromatic N) is 1.